The average Bonchev–Trinajstić information content (AvgIpc) is 3.15. The Balaban J connectivity index is 1.59. The number of piperidine rings is 2. The van der Waals surface area contributed by atoms with E-state index in [1.807, 2.05) is 6.07 Å². The normalized spacial score (nSPS) is 28.5. The van der Waals surface area contributed by atoms with Crippen LogP contribution < -0.4 is 11.2 Å². The van der Waals surface area contributed by atoms with Gasteiger partial charge in [-0.3, -0.25) is 10.2 Å². The van der Waals surface area contributed by atoms with E-state index in [0.29, 0.717) is 43.1 Å². The summed E-state index contributed by atoms with van der Waals surface area (Å²) in [5, 5.41) is 11.4. The highest BCUT2D eigenvalue weighted by atomic mass is 32.2. The molecule has 0 aromatic heterocycles. The molecule has 3 unspecified atom stereocenters. The van der Waals surface area contributed by atoms with Gasteiger partial charge < -0.3 is 15.6 Å². The fourth-order valence-corrected chi connectivity index (χ4v) is 7.07. The van der Waals surface area contributed by atoms with Crippen LogP contribution in [-0.4, -0.2) is 74.2 Å². The van der Waals surface area contributed by atoms with Gasteiger partial charge in [0.1, 0.15) is 0 Å². The van der Waals surface area contributed by atoms with Crippen molar-refractivity contribution in [2.45, 2.75) is 55.1 Å². The molecule has 10 heteroatoms. The smallest absolute Gasteiger partial charge is 0.303 e. The Labute approximate surface area is 183 Å². The molecule has 1 aromatic rings. The number of nitrogen functional groups attached to an aromatic ring is 1. The highest BCUT2D eigenvalue weighted by molar-refractivity contribution is 7.89. The Morgan fingerprint density at radius 3 is 2.68 bits per heavy atom. The summed E-state index contributed by atoms with van der Waals surface area (Å²) in [4.78, 5) is 11.6. The SMILES string of the molecule is COC1CCN(S(=O)(=O)c2cc(N)ccc2C2CCN3NCC(CC(=O)O)C3C2)CC1. The number of fused-ring (bicyclic) bond motifs is 1. The number of aliphatic carboxylic acids is 1. The molecule has 0 radical (unpaired) electrons. The second-order valence-corrected chi connectivity index (χ2v) is 10.7. The maximum Gasteiger partial charge on any atom is 0.303 e. The summed E-state index contributed by atoms with van der Waals surface area (Å²) in [6.07, 6.45) is 3.09. The molecule has 3 saturated heterocycles. The molecule has 31 heavy (non-hydrogen) atoms. The maximum atomic E-state index is 13.6. The quantitative estimate of drug-likeness (QED) is 0.550. The zero-order valence-electron chi connectivity index (χ0n) is 17.9. The van der Waals surface area contributed by atoms with Crippen LogP contribution in [-0.2, 0) is 19.6 Å². The van der Waals surface area contributed by atoms with E-state index >= 15 is 0 Å². The van der Waals surface area contributed by atoms with Gasteiger partial charge in [-0.25, -0.2) is 13.4 Å². The van der Waals surface area contributed by atoms with Gasteiger partial charge in [-0.1, -0.05) is 6.07 Å². The Kier molecular flexibility index (Phi) is 6.55. The molecule has 3 heterocycles. The van der Waals surface area contributed by atoms with Gasteiger partial charge in [-0.05, 0) is 49.3 Å². The van der Waals surface area contributed by atoms with Gasteiger partial charge in [0.25, 0.3) is 0 Å². The molecule has 0 amide bonds. The Morgan fingerprint density at radius 2 is 2.00 bits per heavy atom. The number of carbonyl (C=O) groups is 1. The van der Waals surface area contributed by atoms with E-state index in [4.69, 9.17) is 10.5 Å². The monoisotopic (exact) mass is 452 g/mol. The Morgan fingerprint density at radius 1 is 1.26 bits per heavy atom. The number of ether oxygens (including phenoxy) is 1. The van der Waals surface area contributed by atoms with E-state index < -0.39 is 16.0 Å². The molecule has 4 rings (SSSR count). The van der Waals surface area contributed by atoms with Crippen molar-refractivity contribution in [2.24, 2.45) is 5.92 Å². The van der Waals surface area contributed by atoms with E-state index in [0.717, 1.165) is 24.9 Å². The molecule has 0 spiro atoms. The standard InChI is InChI=1S/C21H32N4O5S/c1-30-17-5-7-24(8-6-17)31(28,29)20-12-16(22)2-3-18(20)14-4-9-25-19(10-14)15(13-23-25)11-21(26)27/h2-3,12,14-15,17,19,23H,4-11,13,22H2,1H3,(H,26,27). The van der Waals surface area contributed by atoms with Crippen LogP contribution in [0.4, 0.5) is 5.69 Å². The van der Waals surface area contributed by atoms with Crippen molar-refractivity contribution in [3.05, 3.63) is 23.8 Å². The summed E-state index contributed by atoms with van der Waals surface area (Å²) < 4.78 is 34.1. The number of anilines is 1. The molecule has 1 aromatic carbocycles. The van der Waals surface area contributed by atoms with Crippen molar-refractivity contribution in [2.75, 3.05) is 39.0 Å². The number of nitrogens with one attached hydrogen (secondary N) is 1. The second kappa shape index (κ2) is 9.03. The van der Waals surface area contributed by atoms with Crippen molar-refractivity contribution in [1.82, 2.24) is 14.7 Å². The second-order valence-electron chi connectivity index (χ2n) is 8.84. The Hall–Kier alpha value is -1.72. The van der Waals surface area contributed by atoms with Crippen molar-refractivity contribution in [1.29, 1.82) is 0 Å². The molecule has 0 aliphatic carbocycles. The number of hydrogen-bond acceptors (Lipinski definition) is 7. The van der Waals surface area contributed by atoms with Crippen LogP contribution in [0.2, 0.25) is 0 Å². The summed E-state index contributed by atoms with van der Waals surface area (Å²) >= 11 is 0. The first-order valence-electron chi connectivity index (χ1n) is 10.9. The van der Waals surface area contributed by atoms with E-state index in [1.54, 1.807) is 23.5 Å². The summed E-state index contributed by atoms with van der Waals surface area (Å²) in [6, 6.07) is 5.28. The number of sulfonamides is 1. The molecule has 172 valence electrons. The highest BCUT2D eigenvalue weighted by Gasteiger charge is 2.41. The minimum absolute atomic E-state index is 0.0159. The number of carboxylic acid groups (broad SMARTS) is 1. The number of nitrogens with two attached hydrogens (primary N) is 1. The molecular formula is C21H32N4O5S. The third-order valence-electron chi connectivity index (χ3n) is 7.01. The van der Waals surface area contributed by atoms with Crippen LogP contribution in [0.15, 0.2) is 23.1 Å². The zero-order valence-corrected chi connectivity index (χ0v) is 18.7. The fraction of sp³-hybridized carbons (Fsp3) is 0.667. The predicted octanol–water partition coefficient (Wildman–Crippen LogP) is 1.23. The number of hydrazine groups is 1. The molecular weight excluding hydrogens is 420 g/mol. The van der Waals surface area contributed by atoms with E-state index in [2.05, 4.69) is 10.4 Å². The lowest BCUT2D eigenvalue weighted by molar-refractivity contribution is -0.138. The number of carboxylic acids is 1. The average molecular weight is 453 g/mol. The van der Waals surface area contributed by atoms with Crippen LogP contribution in [0.1, 0.15) is 43.6 Å². The lowest BCUT2D eigenvalue weighted by atomic mass is 9.81. The van der Waals surface area contributed by atoms with Gasteiger partial charge in [0, 0.05) is 50.9 Å². The molecule has 9 nitrogen and oxygen atoms in total. The molecule has 0 saturated carbocycles. The first-order chi connectivity index (χ1) is 14.8. The first-order valence-corrected chi connectivity index (χ1v) is 12.4. The van der Waals surface area contributed by atoms with E-state index in [9.17, 15) is 18.3 Å². The summed E-state index contributed by atoms with van der Waals surface area (Å²) in [6.45, 7) is 2.26. The summed E-state index contributed by atoms with van der Waals surface area (Å²) in [5.41, 5.74) is 10.5. The Bertz CT molecular complexity index is 916. The lowest BCUT2D eigenvalue weighted by Gasteiger charge is -2.37. The van der Waals surface area contributed by atoms with E-state index in [1.165, 1.54) is 0 Å². The van der Waals surface area contributed by atoms with Gasteiger partial charge in [0.05, 0.1) is 17.4 Å². The number of benzene rings is 1. The molecule has 3 atom stereocenters. The minimum Gasteiger partial charge on any atom is -0.481 e. The van der Waals surface area contributed by atoms with E-state index in [-0.39, 0.29) is 30.4 Å². The topological polar surface area (TPSA) is 125 Å². The molecule has 3 aliphatic rings. The van der Waals surface area contributed by atoms with Crippen LogP contribution in [0, 0.1) is 5.92 Å². The number of hydrogen-bond donors (Lipinski definition) is 3. The zero-order chi connectivity index (χ0) is 22.2. The van der Waals surface area contributed by atoms with Gasteiger partial charge in [0.2, 0.25) is 10.0 Å². The largest absolute Gasteiger partial charge is 0.481 e. The number of nitrogens with zero attached hydrogens (tertiary/aromatic N) is 2. The number of methoxy groups -OCH3 is 1. The van der Waals surface area contributed by atoms with Crippen molar-refractivity contribution in [3.8, 4) is 0 Å². The van der Waals surface area contributed by atoms with Gasteiger partial charge in [-0.2, -0.15) is 4.31 Å². The van der Waals surface area contributed by atoms with Crippen LogP contribution >= 0.6 is 0 Å². The first kappa shape index (κ1) is 22.5. The van der Waals surface area contributed by atoms with Crippen molar-refractivity contribution >= 4 is 21.7 Å². The van der Waals surface area contributed by atoms with Gasteiger partial charge in [0.15, 0.2) is 0 Å². The summed E-state index contributed by atoms with van der Waals surface area (Å²) in [7, 11) is -2.02. The third-order valence-corrected chi connectivity index (χ3v) is 8.97. The molecule has 3 fully saturated rings. The van der Waals surface area contributed by atoms with Crippen LogP contribution in [0.25, 0.3) is 0 Å². The van der Waals surface area contributed by atoms with Crippen molar-refractivity contribution in [3.63, 3.8) is 0 Å². The predicted molar refractivity (Wildman–Crippen MR) is 116 cm³/mol. The highest BCUT2D eigenvalue weighted by Crippen LogP contribution is 2.40. The van der Waals surface area contributed by atoms with Crippen LogP contribution in [0.5, 0.6) is 0 Å². The van der Waals surface area contributed by atoms with Gasteiger partial charge in [-0.15, -0.1) is 0 Å². The maximum absolute atomic E-state index is 13.6. The lowest BCUT2D eigenvalue weighted by Crippen LogP contribution is -2.44. The summed E-state index contributed by atoms with van der Waals surface area (Å²) in [5.74, 6) is -0.743. The van der Waals surface area contributed by atoms with Crippen molar-refractivity contribution < 1.29 is 23.1 Å². The third kappa shape index (κ3) is 4.58. The molecule has 3 aliphatic heterocycles. The van der Waals surface area contributed by atoms with Crippen LogP contribution in [0.3, 0.4) is 0 Å². The fourth-order valence-electron chi connectivity index (χ4n) is 5.28. The molecule has 0 bridgehead atoms. The molecule has 4 N–H and O–H groups in total. The number of rotatable bonds is 6. The minimum atomic E-state index is -3.68. The van der Waals surface area contributed by atoms with Gasteiger partial charge >= 0.3 is 5.97 Å².